The van der Waals surface area contributed by atoms with Crippen LogP contribution >= 0.6 is 34.8 Å². The van der Waals surface area contributed by atoms with Gasteiger partial charge in [0, 0.05) is 21.1 Å². The Morgan fingerprint density at radius 2 is 0.980 bits per heavy atom. The summed E-state index contributed by atoms with van der Waals surface area (Å²) in [5, 5.41) is 13.2. The molecule has 5 aromatic rings. The van der Waals surface area contributed by atoms with Gasteiger partial charge in [-0.1, -0.05) is 120 Å². The largest absolute Gasteiger partial charge is 0.297 e. The van der Waals surface area contributed by atoms with E-state index < -0.39 is 45.1 Å². The van der Waals surface area contributed by atoms with Crippen LogP contribution in [0.3, 0.4) is 0 Å². The van der Waals surface area contributed by atoms with Gasteiger partial charge in [0.05, 0.1) is 27.6 Å². The summed E-state index contributed by atoms with van der Waals surface area (Å²) in [5.41, 5.74) is -0.636. The van der Waals surface area contributed by atoms with Gasteiger partial charge in [-0.05, 0) is 69.8 Å². The van der Waals surface area contributed by atoms with Crippen LogP contribution in [-0.2, 0) is 25.2 Å². The maximum atomic E-state index is 16.0. The zero-order valence-corrected chi connectivity index (χ0v) is 27.6. The number of nitro benzene ring substituents is 1. The molecule has 7 nitrogen and oxygen atoms in total. The van der Waals surface area contributed by atoms with E-state index in [2.05, 4.69) is 0 Å². The number of carbonyl (C=O) groups excluding carboxylic acids is 3. The van der Waals surface area contributed by atoms with Crippen molar-refractivity contribution in [2.75, 3.05) is 4.90 Å². The SMILES string of the molecule is O=C1[C@H]2[C@H](C(=O)N1c1ccc(Cl)cc1[N+](=O)[O-])[C@@]1(c3ccc(Cl)cc3)C(=O)[C@@]2(c2ccc(Cl)cc2)C(c2ccccc2)=C1c1ccccc1. The number of allylic oxidation sites excluding steroid dienone is 2. The number of nitrogens with zero attached hydrogens (tertiary/aromatic N) is 2. The summed E-state index contributed by atoms with van der Waals surface area (Å²) in [5.74, 6) is -4.34. The Morgan fingerprint density at radius 3 is 1.39 bits per heavy atom. The molecule has 240 valence electrons. The molecular formula is C39H23Cl3N2O5. The van der Waals surface area contributed by atoms with E-state index in [9.17, 15) is 10.1 Å². The highest BCUT2D eigenvalue weighted by atomic mass is 35.5. The first kappa shape index (κ1) is 31.2. The van der Waals surface area contributed by atoms with Crippen molar-refractivity contribution >= 4 is 74.9 Å². The molecule has 1 aliphatic heterocycles. The normalized spacial score (nSPS) is 24.1. The minimum absolute atomic E-state index is 0.0691. The number of halogens is 3. The second-order valence-corrected chi connectivity index (χ2v) is 13.6. The van der Waals surface area contributed by atoms with Gasteiger partial charge in [0.1, 0.15) is 5.69 Å². The number of Topliss-reactive ketones (excluding diaryl/α,β-unsaturated/α-hetero) is 1. The number of ketones is 1. The van der Waals surface area contributed by atoms with E-state index in [1.807, 2.05) is 60.7 Å². The maximum Gasteiger partial charge on any atom is 0.294 e. The number of benzene rings is 5. The summed E-state index contributed by atoms with van der Waals surface area (Å²) in [6, 6.07) is 36.0. The van der Waals surface area contributed by atoms with E-state index >= 15 is 14.4 Å². The molecule has 3 aliphatic rings. The van der Waals surface area contributed by atoms with Gasteiger partial charge in [-0.2, -0.15) is 0 Å². The van der Waals surface area contributed by atoms with Gasteiger partial charge in [-0.25, -0.2) is 4.90 Å². The second kappa shape index (κ2) is 11.2. The molecule has 2 fully saturated rings. The molecule has 8 rings (SSSR count). The maximum absolute atomic E-state index is 16.0. The van der Waals surface area contributed by atoms with E-state index in [1.54, 1.807) is 48.5 Å². The van der Waals surface area contributed by atoms with Gasteiger partial charge in [-0.15, -0.1) is 0 Å². The van der Waals surface area contributed by atoms with E-state index in [0.29, 0.717) is 43.4 Å². The number of anilines is 1. The van der Waals surface area contributed by atoms with E-state index in [0.717, 1.165) is 11.0 Å². The fourth-order valence-electron chi connectivity index (χ4n) is 8.43. The molecule has 0 spiro atoms. The van der Waals surface area contributed by atoms with Crippen LogP contribution < -0.4 is 4.90 Å². The highest BCUT2D eigenvalue weighted by Gasteiger charge is 2.83. The highest BCUT2D eigenvalue weighted by molar-refractivity contribution is 6.39. The van der Waals surface area contributed by atoms with Crippen LogP contribution in [0, 0.1) is 22.0 Å². The minimum Gasteiger partial charge on any atom is -0.297 e. The Bertz CT molecular complexity index is 2130. The number of hydrogen-bond donors (Lipinski definition) is 0. The molecule has 2 amide bonds. The zero-order valence-electron chi connectivity index (χ0n) is 25.3. The average molecular weight is 706 g/mol. The van der Waals surface area contributed by atoms with E-state index in [4.69, 9.17) is 34.8 Å². The van der Waals surface area contributed by atoms with Crippen LogP contribution in [0.15, 0.2) is 127 Å². The van der Waals surface area contributed by atoms with Crippen molar-refractivity contribution in [3.8, 4) is 0 Å². The topological polar surface area (TPSA) is 97.6 Å². The molecule has 1 heterocycles. The van der Waals surface area contributed by atoms with Crippen molar-refractivity contribution in [2.24, 2.45) is 11.8 Å². The third-order valence-electron chi connectivity index (χ3n) is 10.1. The number of nitro groups is 1. The molecule has 0 aromatic heterocycles. The Labute approximate surface area is 295 Å². The molecule has 0 N–H and O–H groups in total. The van der Waals surface area contributed by atoms with Gasteiger partial charge in [-0.3, -0.25) is 24.5 Å². The number of imide groups is 1. The predicted molar refractivity (Wildman–Crippen MR) is 189 cm³/mol. The smallest absolute Gasteiger partial charge is 0.294 e. The number of hydrogen-bond acceptors (Lipinski definition) is 5. The molecule has 1 saturated heterocycles. The van der Waals surface area contributed by atoms with Crippen molar-refractivity contribution in [3.63, 3.8) is 0 Å². The Balaban J connectivity index is 1.55. The third-order valence-corrected chi connectivity index (χ3v) is 10.8. The first-order valence-corrected chi connectivity index (χ1v) is 16.5. The number of carbonyl (C=O) groups is 3. The summed E-state index contributed by atoms with van der Waals surface area (Å²) in [6.07, 6.45) is 0. The van der Waals surface area contributed by atoms with Crippen LogP contribution in [0.1, 0.15) is 22.3 Å². The molecule has 10 heteroatoms. The summed E-state index contributed by atoms with van der Waals surface area (Å²) < 4.78 is 0. The molecule has 0 radical (unpaired) electrons. The molecule has 5 aromatic carbocycles. The Morgan fingerprint density at radius 1 is 0.571 bits per heavy atom. The first-order chi connectivity index (χ1) is 23.6. The van der Waals surface area contributed by atoms with E-state index in [1.165, 1.54) is 12.1 Å². The van der Waals surface area contributed by atoms with Gasteiger partial charge >= 0.3 is 0 Å². The van der Waals surface area contributed by atoms with Gasteiger partial charge in [0.15, 0.2) is 5.78 Å². The molecule has 0 unspecified atom stereocenters. The molecule has 2 aliphatic carbocycles. The van der Waals surface area contributed by atoms with Gasteiger partial charge in [0.25, 0.3) is 5.69 Å². The van der Waals surface area contributed by atoms with Crippen LogP contribution in [0.2, 0.25) is 15.1 Å². The quantitative estimate of drug-likeness (QED) is 0.100. The third kappa shape index (κ3) is 4.13. The lowest BCUT2D eigenvalue weighted by atomic mass is 9.59. The predicted octanol–water partition coefficient (Wildman–Crippen LogP) is 8.74. The van der Waals surface area contributed by atoms with Crippen molar-refractivity contribution in [1.82, 2.24) is 0 Å². The Hall–Kier alpha value is -5.08. The number of amides is 2. The van der Waals surface area contributed by atoms with Crippen LogP contribution in [0.4, 0.5) is 11.4 Å². The Kier molecular flexibility index (Phi) is 7.16. The van der Waals surface area contributed by atoms with Gasteiger partial charge < -0.3 is 0 Å². The molecule has 2 bridgehead atoms. The monoisotopic (exact) mass is 704 g/mol. The highest BCUT2D eigenvalue weighted by Crippen LogP contribution is 2.74. The fourth-order valence-corrected chi connectivity index (χ4v) is 8.85. The molecule has 49 heavy (non-hydrogen) atoms. The average Bonchev–Trinajstić information content (AvgIpc) is 3.61. The van der Waals surface area contributed by atoms with Crippen molar-refractivity contribution in [1.29, 1.82) is 0 Å². The first-order valence-electron chi connectivity index (χ1n) is 15.4. The second-order valence-electron chi connectivity index (χ2n) is 12.3. The van der Waals surface area contributed by atoms with Crippen LogP contribution in [-0.4, -0.2) is 22.5 Å². The lowest BCUT2D eigenvalue weighted by Crippen LogP contribution is -2.45. The molecule has 1 saturated carbocycles. The number of rotatable bonds is 6. The van der Waals surface area contributed by atoms with Crippen molar-refractivity contribution in [2.45, 2.75) is 10.8 Å². The standard InChI is InChI=1S/C39H23Cl3N2O5/c40-26-15-11-24(12-16-26)38-31(22-7-3-1-4-8-22)32(23-9-5-2-6-10-23)39(37(38)47,25-13-17-27(41)18-14-25)34-33(38)35(45)43(36(34)46)29-20-19-28(42)21-30(29)44(48)49/h1-21,33-34H/t33-,34-,38+,39+/m1/s1. The summed E-state index contributed by atoms with van der Waals surface area (Å²) in [7, 11) is 0. The fraction of sp³-hybridized carbons (Fsp3) is 0.103. The lowest BCUT2D eigenvalue weighted by molar-refractivity contribution is -0.384. The molecule has 4 atom stereocenters. The summed E-state index contributed by atoms with van der Waals surface area (Å²) in [6.45, 7) is 0. The van der Waals surface area contributed by atoms with Crippen molar-refractivity contribution in [3.05, 3.63) is 175 Å². The van der Waals surface area contributed by atoms with Crippen LogP contribution in [0.25, 0.3) is 11.1 Å². The van der Waals surface area contributed by atoms with E-state index in [-0.39, 0.29) is 16.5 Å². The zero-order chi connectivity index (χ0) is 34.2. The molecular weight excluding hydrogens is 683 g/mol. The van der Waals surface area contributed by atoms with Gasteiger partial charge in [0.2, 0.25) is 11.8 Å². The van der Waals surface area contributed by atoms with Crippen molar-refractivity contribution < 1.29 is 19.3 Å². The summed E-state index contributed by atoms with van der Waals surface area (Å²) >= 11 is 18.9. The summed E-state index contributed by atoms with van der Waals surface area (Å²) in [4.78, 5) is 58.7. The lowest BCUT2D eigenvalue weighted by Gasteiger charge is -2.39. The van der Waals surface area contributed by atoms with Crippen LogP contribution in [0.5, 0.6) is 0 Å². The minimum atomic E-state index is -1.70. The number of fused-ring (bicyclic) bond motifs is 5.